The van der Waals surface area contributed by atoms with Gasteiger partial charge in [-0.05, 0) is 42.4 Å². The van der Waals surface area contributed by atoms with E-state index >= 15 is 0 Å². The van der Waals surface area contributed by atoms with Crippen LogP contribution in [-0.2, 0) is 20.6 Å². The molecule has 2 rings (SSSR count). The summed E-state index contributed by atoms with van der Waals surface area (Å²) in [6.07, 6.45) is 0. The monoisotopic (exact) mass is 386 g/mol. The maximum atomic E-state index is 14.4. The molecule has 25 heavy (non-hydrogen) atoms. The third-order valence-corrected chi connectivity index (χ3v) is 4.65. The topological polar surface area (TPSA) is 61.0 Å². The van der Waals surface area contributed by atoms with E-state index in [-0.39, 0.29) is 15.5 Å². The molecule has 0 aliphatic heterocycles. The summed E-state index contributed by atoms with van der Waals surface area (Å²) in [4.78, 5) is 24.9. The Hall–Kier alpha value is -1.77. The molecule has 0 spiro atoms. The van der Waals surface area contributed by atoms with Crippen molar-refractivity contribution in [1.82, 2.24) is 19.0 Å². The third kappa shape index (κ3) is 3.91. The highest BCUT2D eigenvalue weighted by Gasteiger charge is 2.17. The van der Waals surface area contributed by atoms with E-state index in [1.165, 1.54) is 20.2 Å². The van der Waals surface area contributed by atoms with Crippen molar-refractivity contribution in [2.45, 2.75) is 20.4 Å². The number of benzene rings is 1. The second kappa shape index (κ2) is 7.63. The van der Waals surface area contributed by atoms with E-state index in [2.05, 4.69) is 19.2 Å². The summed E-state index contributed by atoms with van der Waals surface area (Å²) in [6, 6.07) is 2.52. The van der Waals surface area contributed by atoms with Gasteiger partial charge in [-0.3, -0.25) is 9.13 Å². The minimum atomic E-state index is -0.756. The molecule has 1 aromatic heterocycles. The molecule has 0 atom stereocenters. The van der Waals surface area contributed by atoms with Crippen molar-refractivity contribution in [1.29, 1.82) is 0 Å². The molecule has 1 aromatic carbocycles. The van der Waals surface area contributed by atoms with Crippen LogP contribution in [-0.4, -0.2) is 20.2 Å². The van der Waals surface area contributed by atoms with Crippen molar-refractivity contribution in [3.63, 3.8) is 0 Å². The second-order valence-electron chi connectivity index (χ2n) is 6.22. The first-order valence-corrected chi connectivity index (χ1v) is 8.51. The maximum Gasteiger partial charge on any atom is 0.338 e. The quantitative estimate of drug-likeness (QED) is 0.800. The Balaban J connectivity index is 2.63. The smallest absolute Gasteiger partial charge is 0.312 e. The number of aromatic nitrogens is 3. The molecule has 0 aliphatic carbocycles. The molecule has 0 aliphatic rings. The molecule has 0 fully saturated rings. The first-order chi connectivity index (χ1) is 11.6. The molecule has 1 N–H and O–H groups in total. The predicted molar refractivity (Wildman–Crippen MR) is 98.6 cm³/mol. The summed E-state index contributed by atoms with van der Waals surface area (Å²) in [5.74, 6) is -0.318. The van der Waals surface area contributed by atoms with Crippen LogP contribution >= 0.6 is 23.8 Å². The van der Waals surface area contributed by atoms with Gasteiger partial charge in [-0.1, -0.05) is 25.4 Å². The van der Waals surface area contributed by atoms with Crippen molar-refractivity contribution in [2.24, 2.45) is 20.0 Å². The van der Waals surface area contributed by atoms with E-state index in [1.54, 1.807) is 0 Å². The van der Waals surface area contributed by atoms with Crippen LogP contribution in [0.15, 0.2) is 21.7 Å². The Kier molecular flexibility index (Phi) is 5.97. The van der Waals surface area contributed by atoms with Gasteiger partial charge in [-0.2, -0.15) is 0 Å². The van der Waals surface area contributed by atoms with Crippen molar-refractivity contribution in [3.8, 4) is 5.69 Å². The fourth-order valence-corrected chi connectivity index (χ4v) is 2.73. The van der Waals surface area contributed by atoms with Crippen LogP contribution in [0.1, 0.15) is 19.4 Å². The minimum Gasteiger partial charge on any atom is -0.312 e. The first kappa shape index (κ1) is 19.6. The fraction of sp³-hybridized carbons (Fsp3) is 0.438. The average molecular weight is 387 g/mol. The Bertz CT molecular complexity index is 938. The van der Waals surface area contributed by atoms with E-state index < -0.39 is 17.2 Å². The molecule has 1 heterocycles. The van der Waals surface area contributed by atoms with Gasteiger partial charge in [0, 0.05) is 25.7 Å². The summed E-state index contributed by atoms with van der Waals surface area (Å²) in [7, 11) is 2.86. The minimum absolute atomic E-state index is 0.0550. The molecule has 9 heteroatoms. The van der Waals surface area contributed by atoms with Crippen LogP contribution in [0.4, 0.5) is 4.39 Å². The number of nitrogens with one attached hydrogen (secondary N) is 1. The predicted octanol–water partition coefficient (Wildman–Crippen LogP) is 2.14. The summed E-state index contributed by atoms with van der Waals surface area (Å²) in [6.45, 7) is 5.27. The van der Waals surface area contributed by atoms with Crippen LogP contribution in [0.3, 0.4) is 0 Å². The lowest BCUT2D eigenvalue weighted by Crippen LogP contribution is -2.43. The summed E-state index contributed by atoms with van der Waals surface area (Å²) < 4.78 is 17.5. The van der Waals surface area contributed by atoms with Crippen LogP contribution < -0.4 is 16.7 Å². The van der Waals surface area contributed by atoms with Gasteiger partial charge in [-0.25, -0.2) is 18.5 Å². The second-order valence-corrected chi connectivity index (χ2v) is 6.99. The van der Waals surface area contributed by atoms with Crippen LogP contribution in [0.2, 0.25) is 5.02 Å². The molecule has 2 aromatic rings. The molecule has 6 nitrogen and oxygen atoms in total. The number of rotatable bonds is 5. The summed E-state index contributed by atoms with van der Waals surface area (Å²) >= 11 is 11.1. The zero-order valence-corrected chi connectivity index (χ0v) is 16.0. The fourth-order valence-electron chi connectivity index (χ4n) is 2.36. The van der Waals surface area contributed by atoms with Crippen LogP contribution in [0.5, 0.6) is 0 Å². The molecule has 0 saturated heterocycles. The first-order valence-electron chi connectivity index (χ1n) is 7.73. The van der Waals surface area contributed by atoms with Gasteiger partial charge in [0.25, 0.3) is 0 Å². The van der Waals surface area contributed by atoms with Crippen LogP contribution in [0, 0.1) is 16.5 Å². The van der Waals surface area contributed by atoms with E-state index in [0.29, 0.717) is 18.0 Å². The van der Waals surface area contributed by atoms with Gasteiger partial charge in [0.2, 0.25) is 0 Å². The highest BCUT2D eigenvalue weighted by Crippen LogP contribution is 2.22. The van der Waals surface area contributed by atoms with Gasteiger partial charge in [0.05, 0.1) is 5.69 Å². The van der Waals surface area contributed by atoms with Crippen molar-refractivity contribution in [3.05, 3.63) is 54.3 Å². The summed E-state index contributed by atoms with van der Waals surface area (Å²) in [5.41, 5.74) is -0.981. The van der Waals surface area contributed by atoms with Crippen molar-refractivity contribution >= 4 is 23.8 Å². The molecule has 0 bridgehead atoms. The molecule has 0 unspecified atom stereocenters. The standard InChI is InChI=1S/C16H20ClFN4O2S/c1-9(2)7-19-8-10-5-13(12(18)6-11(10)17)22-14(23)20(3)16(25)21(4)15(22)24/h5-6,9,19H,7-8H2,1-4H3. The van der Waals surface area contributed by atoms with Crippen molar-refractivity contribution < 1.29 is 4.39 Å². The largest absolute Gasteiger partial charge is 0.338 e. The molecule has 0 radical (unpaired) electrons. The summed E-state index contributed by atoms with van der Waals surface area (Å²) in [5, 5.41) is 3.43. The number of hydrogen-bond acceptors (Lipinski definition) is 4. The van der Waals surface area contributed by atoms with Gasteiger partial charge in [0.15, 0.2) is 4.77 Å². The van der Waals surface area contributed by atoms with Gasteiger partial charge in [-0.15, -0.1) is 0 Å². The van der Waals surface area contributed by atoms with E-state index in [0.717, 1.165) is 26.3 Å². The van der Waals surface area contributed by atoms with Gasteiger partial charge in [0.1, 0.15) is 5.82 Å². The Labute approximate surface area is 154 Å². The third-order valence-electron chi connectivity index (χ3n) is 3.76. The normalized spacial score (nSPS) is 11.3. The Morgan fingerprint density at radius 3 is 2.28 bits per heavy atom. The van der Waals surface area contributed by atoms with Gasteiger partial charge < -0.3 is 5.32 Å². The zero-order valence-electron chi connectivity index (χ0n) is 14.5. The van der Waals surface area contributed by atoms with Gasteiger partial charge >= 0.3 is 11.4 Å². The van der Waals surface area contributed by atoms with E-state index in [9.17, 15) is 14.0 Å². The lowest BCUT2D eigenvalue weighted by atomic mass is 10.1. The lowest BCUT2D eigenvalue weighted by Gasteiger charge is -2.14. The van der Waals surface area contributed by atoms with E-state index in [4.69, 9.17) is 23.8 Å². The molecular formula is C16H20ClFN4O2S. The van der Waals surface area contributed by atoms with Crippen molar-refractivity contribution in [2.75, 3.05) is 6.54 Å². The van der Waals surface area contributed by atoms with E-state index in [1.807, 2.05) is 0 Å². The average Bonchev–Trinajstić information content (AvgIpc) is 2.54. The zero-order chi connectivity index (χ0) is 18.9. The lowest BCUT2D eigenvalue weighted by molar-refractivity contribution is 0.549. The van der Waals surface area contributed by atoms with Crippen LogP contribution in [0.25, 0.3) is 5.69 Å². The Morgan fingerprint density at radius 2 is 1.76 bits per heavy atom. The number of halogens is 2. The SMILES string of the molecule is CC(C)CNCc1cc(-n2c(=O)n(C)c(=S)n(C)c2=O)c(F)cc1Cl. The highest BCUT2D eigenvalue weighted by atomic mass is 35.5. The molecular weight excluding hydrogens is 367 g/mol. The molecule has 136 valence electrons. The number of hydrogen-bond donors (Lipinski definition) is 1. The number of nitrogens with zero attached hydrogens (tertiary/aromatic N) is 3. The highest BCUT2D eigenvalue weighted by molar-refractivity contribution is 7.71. The Morgan fingerprint density at radius 1 is 1.20 bits per heavy atom. The molecule has 0 saturated carbocycles. The maximum absolute atomic E-state index is 14.4. The molecule has 0 amide bonds.